The number of nitrogens with one attached hydrogen (secondary N) is 1. The number of anilines is 1. The van der Waals surface area contributed by atoms with Crippen LogP contribution in [0, 0.1) is 18.8 Å². The first kappa shape index (κ1) is 30.8. The number of rotatable bonds is 8. The zero-order valence-electron chi connectivity index (χ0n) is 23.6. The third-order valence-corrected chi connectivity index (χ3v) is 14.1. The Hall–Kier alpha value is -1.62. The number of thiophene rings is 2. The van der Waals surface area contributed by atoms with E-state index in [1.807, 2.05) is 0 Å². The first-order valence-corrected chi connectivity index (χ1v) is 18.0. The highest BCUT2D eigenvalue weighted by molar-refractivity contribution is 7.93. The van der Waals surface area contributed by atoms with Crippen LogP contribution in [0.1, 0.15) is 76.7 Å². The summed E-state index contributed by atoms with van der Waals surface area (Å²) >= 11 is 15.3. The largest absolute Gasteiger partial charge is 0.352 e. The number of amides is 1. The van der Waals surface area contributed by atoms with Crippen LogP contribution in [0.4, 0.5) is 5.00 Å². The van der Waals surface area contributed by atoms with E-state index in [1.54, 1.807) is 11.3 Å². The Morgan fingerprint density at radius 1 is 1.12 bits per heavy atom. The maximum absolute atomic E-state index is 13.7. The molecule has 1 saturated carbocycles. The van der Waals surface area contributed by atoms with Crippen molar-refractivity contribution in [3.05, 3.63) is 66.1 Å². The van der Waals surface area contributed by atoms with Gasteiger partial charge in [-0.25, -0.2) is 8.42 Å². The molecule has 3 aromatic rings. The molecule has 3 N–H and O–H groups in total. The van der Waals surface area contributed by atoms with Crippen molar-refractivity contribution >= 4 is 66.8 Å². The second-order valence-corrected chi connectivity index (χ2v) is 16.4. The zero-order chi connectivity index (χ0) is 29.5. The number of carbonyl (C=O) groups excluding carboxylic acids is 1. The number of halogens is 2. The van der Waals surface area contributed by atoms with Crippen LogP contribution < -0.4 is 15.4 Å². The average Bonchev–Trinajstić information content (AvgIpc) is 3.57. The fraction of sp³-hybridized carbons (Fsp3) is 0.500. The second kappa shape index (κ2) is 12.2. The van der Waals surface area contributed by atoms with E-state index in [2.05, 4.69) is 30.6 Å². The molecule has 0 saturated heterocycles. The number of nitrogens with two attached hydrogens (primary N) is 1. The van der Waals surface area contributed by atoms with Gasteiger partial charge in [-0.3, -0.25) is 9.10 Å². The van der Waals surface area contributed by atoms with Crippen molar-refractivity contribution < 1.29 is 13.2 Å². The van der Waals surface area contributed by atoms with E-state index < -0.39 is 10.0 Å². The van der Waals surface area contributed by atoms with E-state index in [-0.39, 0.29) is 26.4 Å². The fourth-order valence-corrected chi connectivity index (χ4v) is 10.6. The van der Waals surface area contributed by atoms with Gasteiger partial charge in [-0.05, 0) is 118 Å². The van der Waals surface area contributed by atoms with Crippen LogP contribution in [0.5, 0.6) is 0 Å². The van der Waals surface area contributed by atoms with Gasteiger partial charge < -0.3 is 11.1 Å². The molecule has 1 amide bonds. The summed E-state index contributed by atoms with van der Waals surface area (Å²) in [5, 5.41) is 6.19. The van der Waals surface area contributed by atoms with E-state index in [9.17, 15) is 13.2 Å². The number of hydrogen-bond donors (Lipinski definition) is 2. The van der Waals surface area contributed by atoms with Crippen molar-refractivity contribution in [3.63, 3.8) is 0 Å². The number of nitrogens with zero attached hydrogens (tertiary/aromatic N) is 1. The Morgan fingerprint density at radius 2 is 1.83 bits per heavy atom. The van der Waals surface area contributed by atoms with Gasteiger partial charge in [0.1, 0.15) is 5.00 Å². The van der Waals surface area contributed by atoms with Crippen LogP contribution in [0.15, 0.2) is 34.5 Å². The van der Waals surface area contributed by atoms with E-state index in [4.69, 9.17) is 28.9 Å². The van der Waals surface area contributed by atoms with Crippen molar-refractivity contribution in [2.75, 3.05) is 17.9 Å². The minimum absolute atomic E-state index is 0.0357. The summed E-state index contributed by atoms with van der Waals surface area (Å²) in [4.78, 5) is 16.1. The lowest BCUT2D eigenvalue weighted by Gasteiger charge is -2.39. The van der Waals surface area contributed by atoms with Crippen molar-refractivity contribution in [2.24, 2.45) is 17.6 Å². The van der Waals surface area contributed by atoms with E-state index in [0.717, 1.165) is 61.8 Å². The molecule has 0 radical (unpaired) electrons. The Balaban J connectivity index is 1.31. The molecule has 0 aliphatic heterocycles. The van der Waals surface area contributed by atoms with Gasteiger partial charge in [0.05, 0.1) is 26.0 Å². The van der Waals surface area contributed by atoms with E-state index >= 15 is 0 Å². The van der Waals surface area contributed by atoms with Gasteiger partial charge in [-0.2, -0.15) is 0 Å². The highest BCUT2D eigenvalue weighted by atomic mass is 35.5. The lowest BCUT2D eigenvalue weighted by molar-refractivity contribution is 0.0937. The summed E-state index contributed by atoms with van der Waals surface area (Å²) in [6.07, 6.45) is 7.70. The van der Waals surface area contributed by atoms with Gasteiger partial charge in [-0.15, -0.1) is 22.7 Å². The molecule has 1 fully saturated rings. The second-order valence-electron chi connectivity index (χ2n) is 11.6. The van der Waals surface area contributed by atoms with Gasteiger partial charge in [-0.1, -0.05) is 23.2 Å². The molecule has 41 heavy (non-hydrogen) atoms. The van der Waals surface area contributed by atoms with Gasteiger partial charge in [0.15, 0.2) is 0 Å². The van der Waals surface area contributed by atoms with Crippen molar-refractivity contribution in [1.82, 2.24) is 5.32 Å². The van der Waals surface area contributed by atoms with Crippen LogP contribution in [0.2, 0.25) is 10.0 Å². The van der Waals surface area contributed by atoms with Gasteiger partial charge in [0.25, 0.3) is 15.9 Å². The molecule has 0 bridgehead atoms. The molecule has 1 unspecified atom stereocenters. The molecule has 0 spiro atoms. The third kappa shape index (κ3) is 6.08. The number of benzene rings is 1. The number of carbonyl (C=O) groups is 1. The fourth-order valence-electron chi connectivity index (χ4n) is 6.31. The Kier molecular flexibility index (Phi) is 9.15. The van der Waals surface area contributed by atoms with Crippen molar-refractivity contribution in [3.8, 4) is 0 Å². The Bertz CT molecular complexity index is 1540. The van der Waals surface area contributed by atoms with Gasteiger partial charge in [0, 0.05) is 23.3 Å². The summed E-state index contributed by atoms with van der Waals surface area (Å²) in [5.74, 6) is 0.573. The first-order valence-electron chi connectivity index (χ1n) is 14.1. The first-order chi connectivity index (χ1) is 19.4. The molecule has 2 aromatic heterocycles. The predicted octanol–water partition coefficient (Wildman–Crippen LogP) is 7.54. The molecule has 1 aromatic carbocycles. The summed E-state index contributed by atoms with van der Waals surface area (Å²) in [5.41, 5.74) is 9.26. The molecule has 2 aliphatic rings. The SMILES string of the molecule is Cc1ccsc1C(C)(N)C1CCC(CNC(=O)c2c(N(C)S(=O)(=O)c3ccc(Cl)c(Cl)c3)sc3c2CCCC3)CC1. The minimum atomic E-state index is -3.95. The number of aryl methyl sites for hydroxylation is 2. The summed E-state index contributed by atoms with van der Waals surface area (Å²) in [6.45, 7) is 4.85. The highest BCUT2D eigenvalue weighted by Gasteiger charge is 2.37. The molecule has 2 aliphatic carbocycles. The van der Waals surface area contributed by atoms with Crippen molar-refractivity contribution in [1.29, 1.82) is 0 Å². The van der Waals surface area contributed by atoms with Crippen LogP contribution in [0.3, 0.4) is 0 Å². The zero-order valence-corrected chi connectivity index (χ0v) is 27.6. The van der Waals surface area contributed by atoms with E-state index in [0.29, 0.717) is 28.9 Å². The lowest BCUT2D eigenvalue weighted by atomic mass is 9.72. The summed E-state index contributed by atoms with van der Waals surface area (Å²) < 4.78 is 28.4. The standard InChI is InChI=1S/C30H37Cl2N3O3S3/c1-18-14-15-39-27(18)30(2,33)20-10-8-19(9-11-20)17-34-28(36)26-22-6-4-5-7-25(22)40-29(26)35(3)41(37,38)21-12-13-23(31)24(32)16-21/h12-16,19-20H,4-11,17,33H2,1-3H3,(H,34,36). The Morgan fingerprint density at radius 3 is 2.49 bits per heavy atom. The summed E-state index contributed by atoms with van der Waals surface area (Å²) in [6, 6.07) is 6.40. The smallest absolute Gasteiger partial charge is 0.264 e. The normalized spacial score (nSPS) is 20.7. The van der Waals surface area contributed by atoms with Crippen molar-refractivity contribution in [2.45, 2.75) is 75.6 Å². The third-order valence-electron chi connectivity index (χ3n) is 8.81. The van der Waals surface area contributed by atoms with Crippen LogP contribution in [0.25, 0.3) is 0 Å². The topological polar surface area (TPSA) is 92.5 Å². The minimum Gasteiger partial charge on any atom is -0.352 e. The lowest BCUT2D eigenvalue weighted by Crippen LogP contribution is -2.43. The average molecular weight is 655 g/mol. The highest BCUT2D eigenvalue weighted by Crippen LogP contribution is 2.43. The molecule has 1 atom stereocenters. The Labute approximate surface area is 261 Å². The number of fused-ring (bicyclic) bond motifs is 1. The van der Waals surface area contributed by atoms with Crippen LogP contribution in [-0.2, 0) is 28.4 Å². The molecular weight excluding hydrogens is 617 g/mol. The molecule has 5 rings (SSSR count). The number of hydrogen-bond acceptors (Lipinski definition) is 6. The number of sulfonamides is 1. The van der Waals surface area contributed by atoms with Gasteiger partial charge in [0.2, 0.25) is 0 Å². The maximum Gasteiger partial charge on any atom is 0.264 e. The quantitative estimate of drug-likeness (QED) is 0.263. The van der Waals surface area contributed by atoms with Crippen LogP contribution >= 0.6 is 45.9 Å². The molecular formula is C30H37Cl2N3O3S3. The van der Waals surface area contributed by atoms with Crippen LogP contribution in [-0.4, -0.2) is 27.9 Å². The van der Waals surface area contributed by atoms with E-state index in [1.165, 1.54) is 51.3 Å². The molecule has 2 heterocycles. The molecule has 6 nitrogen and oxygen atoms in total. The maximum atomic E-state index is 13.7. The predicted molar refractivity (Wildman–Crippen MR) is 171 cm³/mol. The summed E-state index contributed by atoms with van der Waals surface area (Å²) in [7, 11) is -2.45. The monoisotopic (exact) mass is 653 g/mol. The molecule has 11 heteroatoms. The van der Waals surface area contributed by atoms with Gasteiger partial charge >= 0.3 is 0 Å². The molecule has 222 valence electrons.